The number of alkyl halides is 3. The van der Waals surface area contributed by atoms with Crippen LogP contribution in [0.4, 0.5) is 13.2 Å². The van der Waals surface area contributed by atoms with Crippen molar-refractivity contribution in [1.29, 1.82) is 0 Å². The van der Waals surface area contributed by atoms with Gasteiger partial charge in [-0.15, -0.1) is 0 Å². The van der Waals surface area contributed by atoms with E-state index in [9.17, 15) is 13.2 Å². The molecule has 0 radical (unpaired) electrons. The first-order valence-corrected chi connectivity index (χ1v) is 5.18. The number of aliphatic carboxylic acids is 1. The van der Waals surface area contributed by atoms with Crippen LogP contribution in [0.5, 0.6) is 0 Å². The Hall–Kier alpha value is -0.780. The first-order chi connectivity index (χ1) is 7.27. The third kappa shape index (κ3) is 29.2. The Labute approximate surface area is 94.3 Å². The molecule has 2 N–H and O–H groups in total. The quantitative estimate of drug-likeness (QED) is 0.752. The molecular formula is C10H21F3O3. The molecule has 0 fully saturated rings. The molecule has 0 aromatic carbocycles. The van der Waals surface area contributed by atoms with Gasteiger partial charge in [-0.25, -0.2) is 4.79 Å². The van der Waals surface area contributed by atoms with Crippen LogP contribution in [0.3, 0.4) is 0 Å². The van der Waals surface area contributed by atoms with Crippen LogP contribution < -0.4 is 0 Å². The Kier molecular flexibility index (Phi) is 18.3. The molecule has 0 aromatic heterocycles. The Morgan fingerprint density at radius 2 is 1.25 bits per heavy atom. The van der Waals surface area contributed by atoms with E-state index < -0.39 is 12.1 Å². The molecule has 3 nitrogen and oxygen atoms in total. The number of carbonyl (C=O) groups is 1. The molecule has 0 bridgehead atoms. The summed E-state index contributed by atoms with van der Waals surface area (Å²) in [6, 6.07) is 0. The lowest BCUT2D eigenvalue weighted by atomic mass is 10.2. The van der Waals surface area contributed by atoms with Gasteiger partial charge in [0.1, 0.15) is 0 Å². The Morgan fingerprint density at radius 1 is 1.06 bits per heavy atom. The number of carboxylic acid groups (broad SMARTS) is 1. The van der Waals surface area contributed by atoms with E-state index in [1.165, 1.54) is 25.7 Å². The highest BCUT2D eigenvalue weighted by Crippen LogP contribution is 2.13. The topological polar surface area (TPSA) is 57.5 Å². The van der Waals surface area contributed by atoms with Gasteiger partial charge in [-0.2, -0.15) is 13.2 Å². The second-order valence-electron chi connectivity index (χ2n) is 2.83. The number of carboxylic acids is 1. The van der Waals surface area contributed by atoms with Crippen molar-refractivity contribution in [2.24, 2.45) is 0 Å². The fraction of sp³-hybridized carbons (Fsp3) is 0.900. The first-order valence-electron chi connectivity index (χ1n) is 5.18. The summed E-state index contributed by atoms with van der Waals surface area (Å²) in [4.78, 5) is 8.90. The molecule has 0 amide bonds. The lowest BCUT2D eigenvalue weighted by Gasteiger charge is -1.93. The average Bonchev–Trinajstić information content (AvgIpc) is 2.15. The van der Waals surface area contributed by atoms with Crippen LogP contribution in [0.2, 0.25) is 0 Å². The molecule has 0 spiro atoms. The summed E-state index contributed by atoms with van der Waals surface area (Å²) in [5, 5.41) is 14.7. The SMILES string of the molecule is CCCCCC.CCO.O=C(O)C(F)(F)F. The van der Waals surface area contributed by atoms with Gasteiger partial charge >= 0.3 is 12.1 Å². The highest BCUT2D eigenvalue weighted by atomic mass is 19.4. The fourth-order valence-corrected chi connectivity index (χ4v) is 0.500. The molecule has 0 rings (SSSR count). The second-order valence-corrected chi connectivity index (χ2v) is 2.83. The van der Waals surface area contributed by atoms with E-state index in [0.717, 1.165) is 0 Å². The number of hydrogen-bond acceptors (Lipinski definition) is 2. The Morgan fingerprint density at radius 3 is 1.31 bits per heavy atom. The maximum Gasteiger partial charge on any atom is 0.490 e. The van der Waals surface area contributed by atoms with E-state index in [-0.39, 0.29) is 6.61 Å². The van der Waals surface area contributed by atoms with Crippen LogP contribution in [-0.4, -0.2) is 29.0 Å². The van der Waals surface area contributed by atoms with E-state index in [4.69, 9.17) is 15.0 Å². The number of rotatable bonds is 3. The Balaban J connectivity index is -0.000000172. The Bertz CT molecular complexity index is 143. The molecule has 0 unspecified atom stereocenters. The van der Waals surface area contributed by atoms with Gasteiger partial charge in [0.25, 0.3) is 0 Å². The normalized spacial score (nSPS) is 9.44. The van der Waals surface area contributed by atoms with Gasteiger partial charge in [0.2, 0.25) is 0 Å². The molecule has 100 valence electrons. The summed E-state index contributed by atoms with van der Waals surface area (Å²) in [5.74, 6) is -2.76. The summed E-state index contributed by atoms with van der Waals surface area (Å²) in [6.45, 7) is 6.39. The molecule has 0 aliphatic rings. The van der Waals surface area contributed by atoms with Crippen molar-refractivity contribution in [3.8, 4) is 0 Å². The summed E-state index contributed by atoms with van der Waals surface area (Å²) in [6.07, 6.45) is 0.453. The van der Waals surface area contributed by atoms with E-state index in [0.29, 0.717) is 0 Å². The molecule has 0 atom stereocenters. The largest absolute Gasteiger partial charge is 0.490 e. The summed E-state index contributed by atoms with van der Waals surface area (Å²) >= 11 is 0. The summed E-state index contributed by atoms with van der Waals surface area (Å²) < 4.78 is 31.7. The molecule has 16 heavy (non-hydrogen) atoms. The average molecular weight is 246 g/mol. The second kappa shape index (κ2) is 14.2. The molecule has 0 aromatic rings. The number of aliphatic hydroxyl groups excluding tert-OH is 1. The third-order valence-electron chi connectivity index (χ3n) is 1.20. The molecular weight excluding hydrogens is 225 g/mol. The van der Waals surface area contributed by atoms with Crippen molar-refractivity contribution < 1.29 is 28.2 Å². The monoisotopic (exact) mass is 246 g/mol. The van der Waals surface area contributed by atoms with Gasteiger partial charge in [0, 0.05) is 6.61 Å². The zero-order valence-electron chi connectivity index (χ0n) is 9.97. The van der Waals surface area contributed by atoms with E-state index in [1.807, 2.05) is 0 Å². The highest BCUT2D eigenvalue weighted by molar-refractivity contribution is 5.73. The van der Waals surface area contributed by atoms with Crippen molar-refractivity contribution in [2.75, 3.05) is 6.61 Å². The van der Waals surface area contributed by atoms with Gasteiger partial charge in [0.15, 0.2) is 0 Å². The van der Waals surface area contributed by atoms with Crippen LogP contribution in [0.15, 0.2) is 0 Å². The van der Waals surface area contributed by atoms with Gasteiger partial charge in [-0.3, -0.25) is 0 Å². The summed E-state index contributed by atoms with van der Waals surface area (Å²) in [5.41, 5.74) is 0. The lowest BCUT2D eigenvalue weighted by Crippen LogP contribution is -2.21. The minimum Gasteiger partial charge on any atom is -0.475 e. The van der Waals surface area contributed by atoms with Crippen molar-refractivity contribution in [3.63, 3.8) is 0 Å². The van der Waals surface area contributed by atoms with Crippen molar-refractivity contribution >= 4 is 5.97 Å². The zero-order chi connectivity index (χ0) is 13.6. The maximum absolute atomic E-state index is 10.6. The fourth-order valence-electron chi connectivity index (χ4n) is 0.500. The van der Waals surface area contributed by atoms with Crippen LogP contribution in [0.1, 0.15) is 46.5 Å². The van der Waals surface area contributed by atoms with E-state index in [2.05, 4.69) is 13.8 Å². The zero-order valence-corrected chi connectivity index (χ0v) is 9.97. The predicted octanol–water partition coefficient (Wildman–Crippen LogP) is 3.22. The summed E-state index contributed by atoms with van der Waals surface area (Å²) in [7, 11) is 0. The van der Waals surface area contributed by atoms with E-state index >= 15 is 0 Å². The third-order valence-corrected chi connectivity index (χ3v) is 1.20. The molecule has 0 saturated heterocycles. The smallest absolute Gasteiger partial charge is 0.475 e. The number of halogens is 3. The maximum atomic E-state index is 10.6. The minimum absolute atomic E-state index is 0.250. The number of hydrogen-bond donors (Lipinski definition) is 2. The highest BCUT2D eigenvalue weighted by Gasteiger charge is 2.38. The van der Waals surface area contributed by atoms with Crippen LogP contribution >= 0.6 is 0 Å². The minimum atomic E-state index is -5.08. The van der Waals surface area contributed by atoms with Crippen LogP contribution in [0, 0.1) is 0 Å². The molecule has 0 aliphatic heterocycles. The van der Waals surface area contributed by atoms with E-state index in [1.54, 1.807) is 6.92 Å². The van der Waals surface area contributed by atoms with Gasteiger partial charge in [0.05, 0.1) is 0 Å². The van der Waals surface area contributed by atoms with Gasteiger partial charge < -0.3 is 10.2 Å². The molecule has 0 heterocycles. The standard InChI is InChI=1S/C6H14.C2HF3O2.C2H6O/c1-3-5-6-4-2;3-2(4,5)1(6)7;1-2-3/h3-6H2,1-2H3;(H,6,7);3H,2H2,1H3. The van der Waals surface area contributed by atoms with Crippen molar-refractivity contribution in [1.82, 2.24) is 0 Å². The first kappa shape index (κ1) is 20.6. The number of aliphatic hydroxyl groups is 1. The lowest BCUT2D eigenvalue weighted by molar-refractivity contribution is -0.192. The van der Waals surface area contributed by atoms with Crippen LogP contribution in [-0.2, 0) is 4.79 Å². The molecule has 0 saturated carbocycles. The predicted molar refractivity (Wildman–Crippen MR) is 56.3 cm³/mol. The molecule has 0 aliphatic carbocycles. The van der Waals surface area contributed by atoms with Crippen LogP contribution in [0.25, 0.3) is 0 Å². The van der Waals surface area contributed by atoms with Gasteiger partial charge in [-0.05, 0) is 6.92 Å². The number of unbranched alkanes of at least 4 members (excludes halogenated alkanes) is 3. The van der Waals surface area contributed by atoms with Crippen molar-refractivity contribution in [2.45, 2.75) is 52.6 Å². The van der Waals surface area contributed by atoms with Gasteiger partial charge in [-0.1, -0.05) is 39.5 Å². The molecule has 6 heteroatoms. The van der Waals surface area contributed by atoms with Crippen molar-refractivity contribution in [3.05, 3.63) is 0 Å².